The normalized spacial score (nSPS) is 12.0. The number of benzene rings is 1. The zero-order chi connectivity index (χ0) is 19.4. The van der Waals surface area contributed by atoms with Gasteiger partial charge < -0.3 is 4.42 Å². The van der Waals surface area contributed by atoms with Crippen molar-refractivity contribution in [1.82, 2.24) is 9.29 Å². The Morgan fingerprint density at radius 3 is 2.59 bits per heavy atom. The van der Waals surface area contributed by atoms with Crippen molar-refractivity contribution in [1.29, 1.82) is 0 Å². The summed E-state index contributed by atoms with van der Waals surface area (Å²) < 4.78 is 30.5. The lowest BCUT2D eigenvalue weighted by Gasteiger charge is -2.11. The number of thiazole rings is 1. The molecule has 1 N–H and O–H groups in total. The maximum atomic E-state index is 12.1. The first kappa shape index (κ1) is 19.0. The number of rotatable bonds is 6. The third-order valence-electron chi connectivity index (χ3n) is 3.61. The molecule has 0 radical (unpaired) electrons. The second-order valence-corrected chi connectivity index (χ2v) is 8.70. The van der Waals surface area contributed by atoms with E-state index >= 15 is 0 Å². The number of nitrogens with zero attached hydrogens (tertiary/aromatic N) is 2. The Kier molecular flexibility index (Phi) is 5.54. The topological polar surface area (TPSA) is 92.5 Å². The van der Waals surface area contributed by atoms with Gasteiger partial charge >= 0.3 is 0 Å². The monoisotopic (exact) mass is 403 g/mol. The first-order chi connectivity index (χ1) is 12.9. The molecule has 0 aliphatic heterocycles. The zero-order valence-electron chi connectivity index (χ0n) is 14.6. The van der Waals surface area contributed by atoms with E-state index in [1.807, 2.05) is 0 Å². The summed E-state index contributed by atoms with van der Waals surface area (Å²) in [4.78, 5) is 16.5. The number of nitrogens with one attached hydrogen (secondary N) is 1. The van der Waals surface area contributed by atoms with E-state index in [1.54, 1.807) is 35.7 Å². The molecule has 27 heavy (non-hydrogen) atoms. The van der Waals surface area contributed by atoms with Gasteiger partial charge in [0.2, 0.25) is 15.9 Å². The molecular formula is C18H17N3O4S2. The van der Waals surface area contributed by atoms with Crippen molar-refractivity contribution in [3.63, 3.8) is 0 Å². The Morgan fingerprint density at radius 1 is 1.22 bits per heavy atom. The zero-order valence-corrected chi connectivity index (χ0v) is 16.3. The standard InChI is InChI=1S/C18H17N3O4S2/c1-21(2)27(23,24)15-8-5-13(6-9-15)16-12-26-18(19-16)20-17(22)10-7-14-4-3-11-25-14/h3-12H,1-2H3,(H,19,20,22)/b10-7+. The third kappa shape index (κ3) is 4.51. The first-order valence-electron chi connectivity index (χ1n) is 7.87. The van der Waals surface area contributed by atoms with Crippen LogP contribution in [0.15, 0.2) is 63.4 Å². The highest BCUT2D eigenvalue weighted by atomic mass is 32.2. The van der Waals surface area contributed by atoms with Gasteiger partial charge in [0.15, 0.2) is 5.13 Å². The molecule has 0 fully saturated rings. The molecule has 0 spiro atoms. The van der Waals surface area contributed by atoms with Crippen LogP contribution >= 0.6 is 11.3 Å². The van der Waals surface area contributed by atoms with Gasteiger partial charge in [0.05, 0.1) is 16.9 Å². The van der Waals surface area contributed by atoms with Crippen molar-refractivity contribution in [2.45, 2.75) is 4.90 Å². The fourth-order valence-electron chi connectivity index (χ4n) is 2.16. The minimum absolute atomic E-state index is 0.211. The number of carbonyl (C=O) groups excluding carboxylic acids is 1. The first-order valence-corrected chi connectivity index (χ1v) is 10.2. The molecule has 0 bridgehead atoms. The maximum absolute atomic E-state index is 12.1. The van der Waals surface area contributed by atoms with Crippen molar-refractivity contribution in [3.8, 4) is 11.3 Å². The van der Waals surface area contributed by atoms with Crippen LogP contribution in [-0.4, -0.2) is 37.7 Å². The van der Waals surface area contributed by atoms with Gasteiger partial charge in [-0.3, -0.25) is 10.1 Å². The Labute approximate surface area is 161 Å². The molecule has 0 saturated carbocycles. The van der Waals surface area contributed by atoms with Crippen LogP contribution in [0, 0.1) is 0 Å². The van der Waals surface area contributed by atoms with E-state index < -0.39 is 10.0 Å². The molecule has 0 aliphatic carbocycles. The van der Waals surface area contributed by atoms with Crippen molar-refractivity contribution < 1.29 is 17.6 Å². The van der Waals surface area contributed by atoms with Crippen LogP contribution in [0.3, 0.4) is 0 Å². The Bertz CT molecular complexity index is 1050. The average Bonchev–Trinajstić information content (AvgIpc) is 3.32. The van der Waals surface area contributed by atoms with Gasteiger partial charge in [-0.1, -0.05) is 12.1 Å². The Balaban J connectivity index is 1.69. The molecule has 0 saturated heterocycles. The van der Waals surface area contributed by atoms with Gasteiger partial charge in [0.1, 0.15) is 5.76 Å². The van der Waals surface area contributed by atoms with E-state index in [1.165, 1.54) is 49.9 Å². The number of carbonyl (C=O) groups is 1. The summed E-state index contributed by atoms with van der Waals surface area (Å²) in [7, 11) is -0.498. The lowest BCUT2D eigenvalue weighted by Crippen LogP contribution is -2.22. The Morgan fingerprint density at radius 2 is 1.96 bits per heavy atom. The molecule has 1 aromatic carbocycles. The lowest BCUT2D eigenvalue weighted by atomic mass is 10.2. The molecule has 3 aromatic rings. The lowest BCUT2D eigenvalue weighted by molar-refractivity contribution is -0.111. The van der Waals surface area contributed by atoms with Gasteiger partial charge in [-0.25, -0.2) is 17.7 Å². The largest absolute Gasteiger partial charge is 0.465 e. The summed E-state index contributed by atoms with van der Waals surface area (Å²) in [5.41, 5.74) is 1.41. The third-order valence-corrected chi connectivity index (χ3v) is 6.19. The minimum atomic E-state index is -3.47. The maximum Gasteiger partial charge on any atom is 0.250 e. The summed E-state index contributed by atoms with van der Waals surface area (Å²) in [5.74, 6) is 0.262. The molecule has 140 valence electrons. The van der Waals surface area contributed by atoms with Crippen LogP contribution in [0.25, 0.3) is 17.3 Å². The van der Waals surface area contributed by atoms with Crippen LogP contribution in [0.5, 0.6) is 0 Å². The highest BCUT2D eigenvalue weighted by Gasteiger charge is 2.17. The summed E-state index contributed by atoms with van der Waals surface area (Å²) in [5, 5.41) is 4.92. The molecule has 1 amide bonds. The second-order valence-electron chi connectivity index (χ2n) is 5.69. The number of anilines is 1. The summed E-state index contributed by atoms with van der Waals surface area (Å²) >= 11 is 1.28. The number of furan rings is 1. The average molecular weight is 403 g/mol. The van der Waals surface area contributed by atoms with Crippen molar-refractivity contribution in [2.24, 2.45) is 0 Å². The minimum Gasteiger partial charge on any atom is -0.465 e. The van der Waals surface area contributed by atoms with Gasteiger partial charge in [-0.15, -0.1) is 11.3 Å². The smallest absolute Gasteiger partial charge is 0.250 e. The van der Waals surface area contributed by atoms with Crippen molar-refractivity contribution >= 4 is 38.5 Å². The predicted molar refractivity (Wildman–Crippen MR) is 105 cm³/mol. The molecule has 2 heterocycles. The van der Waals surface area contributed by atoms with E-state index in [4.69, 9.17) is 4.42 Å². The highest BCUT2D eigenvalue weighted by Crippen LogP contribution is 2.26. The van der Waals surface area contributed by atoms with E-state index in [9.17, 15) is 13.2 Å². The molecule has 7 nitrogen and oxygen atoms in total. The van der Waals surface area contributed by atoms with E-state index in [0.29, 0.717) is 16.6 Å². The van der Waals surface area contributed by atoms with Gasteiger partial charge in [-0.05, 0) is 30.3 Å². The Hall–Kier alpha value is -2.75. The molecule has 3 rings (SSSR count). The fourth-order valence-corrected chi connectivity index (χ4v) is 3.79. The van der Waals surface area contributed by atoms with Gasteiger partial charge in [0, 0.05) is 31.1 Å². The van der Waals surface area contributed by atoms with Crippen molar-refractivity contribution in [3.05, 3.63) is 59.9 Å². The van der Waals surface area contributed by atoms with Crippen LogP contribution in [0.4, 0.5) is 5.13 Å². The number of hydrogen-bond acceptors (Lipinski definition) is 6. The van der Waals surface area contributed by atoms with Crippen molar-refractivity contribution in [2.75, 3.05) is 19.4 Å². The van der Waals surface area contributed by atoms with Crippen LogP contribution in [0.2, 0.25) is 0 Å². The van der Waals surface area contributed by atoms with Gasteiger partial charge in [0.25, 0.3) is 0 Å². The number of aromatic nitrogens is 1. The van der Waals surface area contributed by atoms with E-state index in [0.717, 1.165) is 9.87 Å². The van der Waals surface area contributed by atoms with Crippen LogP contribution in [0.1, 0.15) is 5.76 Å². The van der Waals surface area contributed by atoms with Gasteiger partial charge in [-0.2, -0.15) is 0 Å². The summed E-state index contributed by atoms with van der Waals surface area (Å²) in [6, 6.07) is 9.93. The summed E-state index contributed by atoms with van der Waals surface area (Å²) in [6.07, 6.45) is 4.45. The molecule has 2 aromatic heterocycles. The molecule has 0 unspecified atom stereocenters. The number of amides is 1. The highest BCUT2D eigenvalue weighted by molar-refractivity contribution is 7.89. The SMILES string of the molecule is CN(C)S(=O)(=O)c1ccc(-c2csc(NC(=O)/C=C/c3ccco3)n2)cc1. The van der Waals surface area contributed by atoms with E-state index in [2.05, 4.69) is 10.3 Å². The predicted octanol–water partition coefficient (Wildman–Crippen LogP) is 3.31. The fraction of sp³-hybridized carbons (Fsp3) is 0.111. The molecule has 0 atom stereocenters. The number of sulfonamides is 1. The molecule has 0 aliphatic rings. The molecular weight excluding hydrogens is 386 g/mol. The number of hydrogen-bond donors (Lipinski definition) is 1. The van der Waals surface area contributed by atoms with Crippen LogP contribution < -0.4 is 5.32 Å². The molecule has 9 heteroatoms. The second kappa shape index (κ2) is 7.87. The van der Waals surface area contributed by atoms with Crippen LogP contribution in [-0.2, 0) is 14.8 Å². The quantitative estimate of drug-likeness (QED) is 0.638. The van der Waals surface area contributed by atoms with E-state index in [-0.39, 0.29) is 10.8 Å². The summed E-state index contributed by atoms with van der Waals surface area (Å²) in [6.45, 7) is 0.